The highest BCUT2D eigenvalue weighted by Crippen LogP contribution is 2.26. The number of ether oxygens (including phenoxy) is 1. The Morgan fingerprint density at radius 1 is 1.33 bits per heavy atom. The average Bonchev–Trinajstić information content (AvgIpc) is 2.64. The molecular formula is C14H16ClF2N3O. The minimum absolute atomic E-state index is 0.0692. The average molecular weight is 316 g/mol. The van der Waals surface area contributed by atoms with Crippen LogP contribution in [-0.2, 0) is 20.1 Å². The number of nitrogens with two attached hydrogens (primary N) is 1. The van der Waals surface area contributed by atoms with Gasteiger partial charge in [0.25, 0.3) is 0 Å². The fourth-order valence-corrected chi connectivity index (χ4v) is 2.25. The molecular weight excluding hydrogens is 300 g/mol. The van der Waals surface area contributed by atoms with Crippen molar-refractivity contribution in [2.24, 2.45) is 12.8 Å². The summed E-state index contributed by atoms with van der Waals surface area (Å²) in [5.74, 6) is -1.94. The first-order chi connectivity index (χ1) is 9.93. The normalized spacial score (nSPS) is 11.0. The van der Waals surface area contributed by atoms with Gasteiger partial charge >= 0.3 is 0 Å². The van der Waals surface area contributed by atoms with Gasteiger partial charge in [-0.2, -0.15) is 5.10 Å². The van der Waals surface area contributed by atoms with E-state index < -0.39 is 17.4 Å². The van der Waals surface area contributed by atoms with Gasteiger partial charge in [-0.1, -0.05) is 11.6 Å². The molecule has 0 aliphatic rings. The summed E-state index contributed by atoms with van der Waals surface area (Å²) in [6.07, 6.45) is 0.404. The van der Waals surface area contributed by atoms with Crippen LogP contribution in [0.3, 0.4) is 0 Å². The lowest BCUT2D eigenvalue weighted by Gasteiger charge is -2.10. The van der Waals surface area contributed by atoms with E-state index in [1.54, 1.807) is 14.0 Å². The van der Waals surface area contributed by atoms with Crippen LogP contribution in [0.4, 0.5) is 8.78 Å². The Hall–Kier alpha value is -1.66. The molecule has 21 heavy (non-hydrogen) atoms. The predicted molar refractivity (Wildman–Crippen MR) is 76.4 cm³/mol. The number of rotatable bonds is 5. The van der Waals surface area contributed by atoms with E-state index in [1.165, 1.54) is 16.8 Å². The van der Waals surface area contributed by atoms with Gasteiger partial charge in [0.2, 0.25) is 0 Å². The molecule has 0 saturated carbocycles. The molecule has 1 aromatic heterocycles. The molecule has 0 saturated heterocycles. The largest absolute Gasteiger partial charge is 0.481 e. The van der Waals surface area contributed by atoms with Gasteiger partial charge in [-0.15, -0.1) is 0 Å². The maximum Gasteiger partial charge on any atom is 0.191 e. The van der Waals surface area contributed by atoms with Crippen molar-refractivity contribution < 1.29 is 13.5 Å². The van der Waals surface area contributed by atoms with E-state index >= 15 is 0 Å². The summed E-state index contributed by atoms with van der Waals surface area (Å²) in [5.41, 5.74) is 7.05. The van der Waals surface area contributed by atoms with E-state index in [9.17, 15) is 8.78 Å². The van der Waals surface area contributed by atoms with Crippen LogP contribution in [0.5, 0.6) is 5.75 Å². The Bertz CT molecular complexity index is 635. The monoisotopic (exact) mass is 315 g/mol. The van der Waals surface area contributed by atoms with Gasteiger partial charge in [0, 0.05) is 7.05 Å². The summed E-state index contributed by atoms with van der Waals surface area (Å²) in [6, 6.07) is 2.45. The predicted octanol–water partition coefficient (Wildman–Crippen LogP) is 2.74. The third-order valence-electron chi connectivity index (χ3n) is 3.11. The second-order valence-corrected chi connectivity index (χ2v) is 5.06. The van der Waals surface area contributed by atoms with Crippen LogP contribution in [0, 0.1) is 18.6 Å². The van der Waals surface area contributed by atoms with Gasteiger partial charge in [-0.25, -0.2) is 8.78 Å². The van der Waals surface area contributed by atoms with Crippen LogP contribution in [-0.4, -0.2) is 16.3 Å². The van der Waals surface area contributed by atoms with Gasteiger partial charge in [0.15, 0.2) is 17.4 Å². The number of aromatic nitrogens is 2. The number of aryl methyl sites for hydroxylation is 2. The smallest absolute Gasteiger partial charge is 0.191 e. The minimum atomic E-state index is -0.756. The highest BCUT2D eigenvalue weighted by molar-refractivity contribution is 6.31. The first kappa shape index (κ1) is 15.7. The van der Waals surface area contributed by atoms with Crippen molar-refractivity contribution in [3.05, 3.63) is 45.7 Å². The second kappa shape index (κ2) is 6.41. The van der Waals surface area contributed by atoms with Gasteiger partial charge in [0.1, 0.15) is 6.61 Å². The molecule has 0 aliphatic carbocycles. The molecule has 2 N–H and O–H groups in total. The minimum Gasteiger partial charge on any atom is -0.481 e. The highest BCUT2D eigenvalue weighted by atomic mass is 35.5. The number of hydrogen-bond donors (Lipinski definition) is 1. The van der Waals surface area contributed by atoms with Crippen LogP contribution < -0.4 is 10.5 Å². The Balaban J connectivity index is 2.20. The van der Waals surface area contributed by atoms with Gasteiger partial charge < -0.3 is 10.5 Å². The van der Waals surface area contributed by atoms with Crippen LogP contribution in [0.25, 0.3) is 0 Å². The van der Waals surface area contributed by atoms with Crippen molar-refractivity contribution in [2.75, 3.05) is 6.54 Å². The SMILES string of the molecule is Cc1nn(C)c(COc2c(F)cc(CCN)cc2F)c1Cl. The molecule has 0 bridgehead atoms. The first-order valence-corrected chi connectivity index (χ1v) is 6.80. The second-order valence-electron chi connectivity index (χ2n) is 4.69. The fraction of sp³-hybridized carbons (Fsp3) is 0.357. The van der Waals surface area contributed by atoms with Crippen molar-refractivity contribution in [1.29, 1.82) is 0 Å². The molecule has 0 unspecified atom stereocenters. The zero-order chi connectivity index (χ0) is 15.6. The molecule has 0 atom stereocenters. The molecule has 114 valence electrons. The van der Waals surface area contributed by atoms with Crippen LogP contribution >= 0.6 is 11.6 Å². The molecule has 1 heterocycles. The molecule has 1 aromatic carbocycles. The highest BCUT2D eigenvalue weighted by Gasteiger charge is 2.16. The topological polar surface area (TPSA) is 53.1 Å². The molecule has 0 aliphatic heterocycles. The summed E-state index contributed by atoms with van der Waals surface area (Å²) in [5, 5.41) is 4.54. The Kier molecular flexibility index (Phi) is 4.80. The molecule has 2 aromatic rings. The Labute approximate surface area is 126 Å². The third-order valence-corrected chi connectivity index (χ3v) is 3.60. The van der Waals surface area contributed by atoms with Crippen molar-refractivity contribution in [3.63, 3.8) is 0 Å². The van der Waals surface area contributed by atoms with Gasteiger partial charge in [-0.3, -0.25) is 4.68 Å². The molecule has 0 fully saturated rings. The maximum atomic E-state index is 13.9. The van der Waals surface area contributed by atoms with Crippen molar-refractivity contribution in [2.45, 2.75) is 20.0 Å². The quantitative estimate of drug-likeness (QED) is 0.923. The number of halogens is 3. The van der Waals surface area contributed by atoms with Crippen LogP contribution in [0.15, 0.2) is 12.1 Å². The molecule has 0 amide bonds. The Morgan fingerprint density at radius 2 is 1.95 bits per heavy atom. The summed E-state index contributed by atoms with van der Waals surface area (Å²) >= 11 is 6.06. The van der Waals surface area contributed by atoms with Crippen molar-refractivity contribution in [1.82, 2.24) is 9.78 Å². The first-order valence-electron chi connectivity index (χ1n) is 6.42. The van der Waals surface area contributed by atoms with E-state index in [0.29, 0.717) is 34.9 Å². The lowest BCUT2D eigenvalue weighted by Crippen LogP contribution is -2.07. The summed E-state index contributed by atoms with van der Waals surface area (Å²) in [6.45, 7) is 2.00. The lowest BCUT2D eigenvalue weighted by atomic mass is 10.1. The van der Waals surface area contributed by atoms with Crippen molar-refractivity contribution in [3.8, 4) is 5.75 Å². The summed E-state index contributed by atoms with van der Waals surface area (Å²) in [7, 11) is 1.69. The van der Waals surface area contributed by atoms with Crippen LogP contribution in [0.2, 0.25) is 5.02 Å². The summed E-state index contributed by atoms with van der Waals surface area (Å²) < 4.78 is 34.5. The molecule has 4 nitrogen and oxygen atoms in total. The zero-order valence-electron chi connectivity index (χ0n) is 11.8. The third kappa shape index (κ3) is 3.33. The summed E-state index contributed by atoms with van der Waals surface area (Å²) in [4.78, 5) is 0. The van der Waals surface area contributed by atoms with Crippen LogP contribution in [0.1, 0.15) is 17.0 Å². The maximum absolute atomic E-state index is 13.9. The molecule has 2 rings (SSSR count). The van der Waals surface area contributed by atoms with E-state index in [1.807, 2.05) is 0 Å². The number of nitrogens with zero attached hydrogens (tertiary/aromatic N) is 2. The van der Waals surface area contributed by atoms with Gasteiger partial charge in [-0.05, 0) is 37.6 Å². The van der Waals surface area contributed by atoms with E-state index in [0.717, 1.165) is 0 Å². The zero-order valence-corrected chi connectivity index (χ0v) is 12.5. The van der Waals surface area contributed by atoms with Gasteiger partial charge in [0.05, 0.1) is 16.4 Å². The van der Waals surface area contributed by atoms with E-state index in [4.69, 9.17) is 22.1 Å². The van der Waals surface area contributed by atoms with E-state index in [2.05, 4.69) is 5.10 Å². The molecule has 0 radical (unpaired) electrons. The number of hydrogen-bond acceptors (Lipinski definition) is 3. The number of benzene rings is 1. The fourth-order valence-electron chi connectivity index (χ4n) is 2.04. The molecule has 7 heteroatoms. The standard InChI is InChI=1S/C14H16ClF2N3O/c1-8-13(15)12(20(2)19-8)7-21-14-10(16)5-9(3-4-18)6-11(14)17/h5-6H,3-4,7,18H2,1-2H3. The lowest BCUT2D eigenvalue weighted by molar-refractivity contribution is 0.265. The molecule has 0 spiro atoms. The van der Waals surface area contributed by atoms with E-state index in [-0.39, 0.29) is 6.61 Å². The van der Waals surface area contributed by atoms with Crippen molar-refractivity contribution >= 4 is 11.6 Å². The Morgan fingerprint density at radius 3 is 2.43 bits per heavy atom.